The van der Waals surface area contributed by atoms with E-state index in [1.54, 1.807) is 0 Å². The molecule has 0 saturated carbocycles. The van der Waals surface area contributed by atoms with Gasteiger partial charge in [0.25, 0.3) is 5.91 Å². The van der Waals surface area contributed by atoms with Crippen molar-refractivity contribution in [3.63, 3.8) is 0 Å². The van der Waals surface area contributed by atoms with Crippen LogP contribution in [-0.4, -0.2) is 49.7 Å². The van der Waals surface area contributed by atoms with Crippen molar-refractivity contribution < 1.29 is 17.9 Å². The highest BCUT2D eigenvalue weighted by Gasteiger charge is 2.34. The molecule has 2 aliphatic rings. The predicted molar refractivity (Wildman–Crippen MR) is 81.8 cm³/mol. The second kappa shape index (κ2) is 5.89. The van der Waals surface area contributed by atoms with Crippen molar-refractivity contribution >= 4 is 16.1 Å². The van der Waals surface area contributed by atoms with Crippen LogP contribution in [0.4, 0.5) is 0 Å². The van der Waals surface area contributed by atoms with Crippen LogP contribution in [0, 0.1) is 0 Å². The van der Waals surface area contributed by atoms with Crippen LogP contribution in [0.15, 0.2) is 18.2 Å². The SMILES string of the molecule is CN1CCCN(C(=O)COc2ccc3c(c2)CCC3)S1(=O)=O. The van der Waals surface area contributed by atoms with E-state index in [1.165, 1.54) is 22.5 Å². The van der Waals surface area contributed by atoms with Gasteiger partial charge in [0.1, 0.15) is 5.75 Å². The van der Waals surface area contributed by atoms with Gasteiger partial charge >= 0.3 is 10.2 Å². The minimum Gasteiger partial charge on any atom is -0.484 e. The van der Waals surface area contributed by atoms with E-state index < -0.39 is 16.1 Å². The molecule has 1 saturated heterocycles. The van der Waals surface area contributed by atoms with Crippen molar-refractivity contribution in [1.82, 2.24) is 8.61 Å². The van der Waals surface area contributed by atoms with Crippen LogP contribution in [-0.2, 0) is 27.8 Å². The van der Waals surface area contributed by atoms with E-state index in [0.29, 0.717) is 18.7 Å². The number of carbonyl (C=O) groups is 1. The van der Waals surface area contributed by atoms with E-state index in [4.69, 9.17) is 4.74 Å². The Labute approximate surface area is 130 Å². The first-order valence-electron chi connectivity index (χ1n) is 7.50. The molecular formula is C15H20N2O4S. The summed E-state index contributed by atoms with van der Waals surface area (Å²) in [5, 5.41) is 0. The Morgan fingerprint density at radius 2 is 1.95 bits per heavy atom. The predicted octanol–water partition coefficient (Wildman–Crippen LogP) is 0.963. The molecule has 0 unspecified atom stereocenters. The largest absolute Gasteiger partial charge is 0.484 e. The molecule has 3 rings (SSSR count). The maximum Gasteiger partial charge on any atom is 0.306 e. The van der Waals surface area contributed by atoms with Gasteiger partial charge in [-0.1, -0.05) is 6.07 Å². The number of ether oxygens (including phenoxy) is 1. The van der Waals surface area contributed by atoms with Gasteiger partial charge in [0.05, 0.1) is 0 Å². The maximum absolute atomic E-state index is 12.2. The average molecular weight is 324 g/mol. The van der Waals surface area contributed by atoms with Crippen LogP contribution in [0.25, 0.3) is 0 Å². The van der Waals surface area contributed by atoms with E-state index in [1.807, 2.05) is 18.2 Å². The lowest BCUT2D eigenvalue weighted by Gasteiger charge is -2.32. The third kappa shape index (κ3) is 2.83. The summed E-state index contributed by atoms with van der Waals surface area (Å²) < 4.78 is 31.8. The Hall–Kier alpha value is -1.60. The molecule has 0 N–H and O–H groups in total. The molecule has 0 bridgehead atoms. The lowest BCUT2D eigenvalue weighted by atomic mass is 10.1. The summed E-state index contributed by atoms with van der Waals surface area (Å²) in [7, 11) is -2.20. The third-order valence-corrected chi connectivity index (χ3v) is 6.13. The Kier molecular flexibility index (Phi) is 4.10. The summed E-state index contributed by atoms with van der Waals surface area (Å²) >= 11 is 0. The number of fused-ring (bicyclic) bond motifs is 1. The van der Waals surface area contributed by atoms with Crippen molar-refractivity contribution in [2.24, 2.45) is 0 Å². The molecule has 1 amide bonds. The molecule has 1 aromatic rings. The van der Waals surface area contributed by atoms with Crippen molar-refractivity contribution in [1.29, 1.82) is 0 Å². The van der Waals surface area contributed by atoms with Gasteiger partial charge in [0.15, 0.2) is 6.61 Å². The topological polar surface area (TPSA) is 66.9 Å². The quantitative estimate of drug-likeness (QED) is 0.831. The molecule has 1 aliphatic carbocycles. The molecule has 0 spiro atoms. The minimum absolute atomic E-state index is 0.221. The van der Waals surface area contributed by atoms with Crippen molar-refractivity contribution in [2.75, 3.05) is 26.7 Å². The summed E-state index contributed by atoms with van der Waals surface area (Å²) in [6.07, 6.45) is 3.91. The highest BCUT2D eigenvalue weighted by Crippen LogP contribution is 2.26. The average Bonchev–Trinajstić information content (AvgIpc) is 2.95. The summed E-state index contributed by atoms with van der Waals surface area (Å²) in [6, 6.07) is 5.81. The summed E-state index contributed by atoms with van der Waals surface area (Å²) in [5.41, 5.74) is 2.59. The monoisotopic (exact) mass is 324 g/mol. The van der Waals surface area contributed by atoms with Gasteiger partial charge in [-0.05, 0) is 48.9 Å². The van der Waals surface area contributed by atoms with E-state index in [-0.39, 0.29) is 13.2 Å². The summed E-state index contributed by atoms with van der Waals surface area (Å²) in [4.78, 5) is 12.2. The normalized spacial score (nSPS) is 20.7. The Morgan fingerprint density at radius 3 is 2.77 bits per heavy atom. The Morgan fingerprint density at radius 1 is 1.18 bits per heavy atom. The number of nitrogens with zero attached hydrogens (tertiary/aromatic N) is 2. The number of hydrogen-bond donors (Lipinski definition) is 0. The number of rotatable bonds is 3. The molecule has 1 fully saturated rings. The first-order valence-corrected chi connectivity index (χ1v) is 8.89. The van der Waals surface area contributed by atoms with Gasteiger partial charge in [-0.3, -0.25) is 4.79 Å². The number of carbonyl (C=O) groups excluding carboxylic acids is 1. The molecule has 22 heavy (non-hydrogen) atoms. The van der Waals surface area contributed by atoms with Gasteiger partial charge in [0, 0.05) is 20.1 Å². The second-order valence-electron chi connectivity index (χ2n) is 5.72. The Balaban J connectivity index is 1.65. The number of hydrogen-bond acceptors (Lipinski definition) is 4. The molecule has 7 heteroatoms. The zero-order valence-corrected chi connectivity index (χ0v) is 13.4. The zero-order chi connectivity index (χ0) is 15.7. The van der Waals surface area contributed by atoms with Crippen LogP contribution in [0.1, 0.15) is 24.0 Å². The molecule has 6 nitrogen and oxygen atoms in total. The molecule has 120 valence electrons. The molecule has 0 atom stereocenters. The van der Waals surface area contributed by atoms with Gasteiger partial charge in [-0.15, -0.1) is 0 Å². The lowest BCUT2D eigenvalue weighted by Crippen LogP contribution is -2.51. The van der Waals surface area contributed by atoms with Crippen LogP contribution < -0.4 is 4.74 Å². The highest BCUT2D eigenvalue weighted by molar-refractivity contribution is 7.87. The zero-order valence-electron chi connectivity index (χ0n) is 12.6. The fourth-order valence-corrected chi connectivity index (χ4v) is 4.31. The molecule has 1 aromatic carbocycles. The molecular weight excluding hydrogens is 304 g/mol. The van der Waals surface area contributed by atoms with Gasteiger partial charge < -0.3 is 4.74 Å². The minimum atomic E-state index is -3.68. The summed E-state index contributed by atoms with van der Waals surface area (Å²) in [6.45, 7) is 0.405. The fourth-order valence-electron chi connectivity index (χ4n) is 2.94. The third-order valence-electron chi connectivity index (χ3n) is 4.22. The van der Waals surface area contributed by atoms with E-state index >= 15 is 0 Å². The maximum atomic E-state index is 12.2. The summed E-state index contributed by atoms with van der Waals surface area (Å²) in [5.74, 6) is 0.101. The fraction of sp³-hybridized carbons (Fsp3) is 0.533. The van der Waals surface area contributed by atoms with Crippen molar-refractivity contribution in [3.8, 4) is 5.75 Å². The van der Waals surface area contributed by atoms with E-state index in [9.17, 15) is 13.2 Å². The first-order chi connectivity index (χ1) is 10.5. The smallest absolute Gasteiger partial charge is 0.306 e. The highest BCUT2D eigenvalue weighted by atomic mass is 32.2. The van der Waals surface area contributed by atoms with Crippen LogP contribution in [0.3, 0.4) is 0 Å². The number of benzene rings is 1. The van der Waals surface area contributed by atoms with Gasteiger partial charge in [0.2, 0.25) is 0 Å². The van der Waals surface area contributed by atoms with Gasteiger partial charge in [-0.2, -0.15) is 12.7 Å². The van der Waals surface area contributed by atoms with E-state index in [0.717, 1.165) is 23.6 Å². The van der Waals surface area contributed by atoms with Crippen LogP contribution in [0.2, 0.25) is 0 Å². The number of amides is 1. The van der Waals surface area contributed by atoms with E-state index in [2.05, 4.69) is 0 Å². The molecule has 0 radical (unpaired) electrons. The van der Waals surface area contributed by atoms with Crippen molar-refractivity contribution in [2.45, 2.75) is 25.7 Å². The van der Waals surface area contributed by atoms with Gasteiger partial charge in [-0.25, -0.2) is 4.31 Å². The lowest BCUT2D eigenvalue weighted by molar-refractivity contribution is -0.129. The van der Waals surface area contributed by atoms with Crippen molar-refractivity contribution in [3.05, 3.63) is 29.3 Å². The standard InChI is InChI=1S/C15H20N2O4S/c1-16-8-3-9-17(22(16,19)20)15(18)11-21-14-7-6-12-4-2-5-13(12)10-14/h6-7,10H,2-5,8-9,11H2,1H3. The first kappa shape index (κ1) is 15.3. The molecule has 0 aromatic heterocycles. The number of aryl methyl sites for hydroxylation is 2. The Bertz CT molecular complexity index is 687. The van der Waals surface area contributed by atoms with Crippen LogP contribution >= 0.6 is 0 Å². The second-order valence-corrected chi connectivity index (χ2v) is 7.68. The molecule has 1 heterocycles. The van der Waals surface area contributed by atoms with Crippen LogP contribution in [0.5, 0.6) is 5.75 Å². The molecule has 1 aliphatic heterocycles.